The molecule has 1 heterocycles. The quantitative estimate of drug-likeness (QED) is 0.695. The Kier molecular flexibility index (Phi) is 2.84. The normalized spacial score (nSPS) is 10.1. The van der Waals surface area contributed by atoms with E-state index in [0.29, 0.717) is 11.3 Å². The molecular formula is C9H12N2O2. The molecule has 0 fully saturated rings. The van der Waals surface area contributed by atoms with Crippen LogP contribution >= 0.6 is 0 Å². The van der Waals surface area contributed by atoms with Crippen LogP contribution in [-0.4, -0.2) is 17.1 Å². The summed E-state index contributed by atoms with van der Waals surface area (Å²) in [7, 11) is 0. The van der Waals surface area contributed by atoms with Crippen molar-refractivity contribution in [2.24, 2.45) is 0 Å². The molecule has 4 heteroatoms. The number of nitrogens with two attached hydrogens (primary N) is 1. The molecule has 0 unspecified atom stereocenters. The molecule has 0 aliphatic rings. The number of aromatic nitrogens is 1. The fraction of sp³-hybridized carbons (Fsp3) is 0.333. The highest BCUT2D eigenvalue weighted by Gasteiger charge is 2.11. The largest absolute Gasteiger partial charge is 0.459 e. The molecule has 1 aromatic heterocycles. The lowest BCUT2D eigenvalue weighted by atomic mass is 10.2. The van der Waals surface area contributed by atoms with Crippen molar-refractivity contribution < 1.29 is 9.53 Å². The first-order chi connectivity index (χ1) is 6.11. The molecular weight excluding hydrogens is 168 g/mol. The maximum atomic E-state index is 11.3. The predicted octanol–water partition coefficient (Wildman–Crippen LogP) is 1.23. The van der Waals surface area contributed by atoms with Gasteiger partial charge in [0, 0.05) is 18.1 Å². The van der Waals surface area contributed by atoms with Crippen LogP contribution in [0.4, 0.5) is 5.69 Å². The highest BCUT2D eigenvalue weighted by Crippen LogP contribution is 2.10. The van der Waals surface area contributed by atoms with Gasteiger partial charge >= 0.3 is 5.97 Å². The van der Waals surface area contributed by atoms with Crippen LogP contribution in [0.25, 0.3) is 0 Å². The third kappa shape index (κ3) is 2.43. The van der Waals surface area contributed by atoms with Crippen molar-refractivity contribution in [2.75, 3.05) is 5.73 Å². The molecule has 0 saturated carbocycles. The minimum absolute atomic E-state index is 0.146. The van der Waals surface area contributed by atoms with E-state index in [0.717, 1.165) is 0 Å². The van der Waals surface area contributed by atoms with Crippen LogP contribution in [0.2, 0.25) is 0 Å². The van der Waals surface area contributed by atoms with E-state index >= 15 is 0 Å². The number of nitrogen functional groups attached to an aromatic ring is 1. The van der Waals surface area contributed by atoms with Crippen molar-refractivity contribution in [2.45, 2.75) is 20.0 Å². The molecule has 0 radical (unpaired) electrons. The summed E-state index contributed by atoms with van der Waals surface area (Å²) < 4.78 is 4.96. The lowest BCUT2D eigenvalue weighted by Gasteiger charge is -2.08. The molecule has 2 N–H and O–H groups in total. The lowest BCUT2D eigenvalue weighted by molar-refractivity contribution is 0.0379. The average Bonchev–Trinajstić information content (AvgIpc) is 2.03. The number of anilines is 1. The van der Waals surface area contributed by atoms with Crippen LogP contribution in [0, 0.1) is 0 Å². The Hall–Kier alpha value is -1.58. The molecule has 4 nitrogen and oxygen atoms in total. The Morgan fingerprint density at radius 3 is 2.85 bits per heavy atom. The molecule has 0 spiro atoms. The zero-order valence-electron chi connectivity index (χ0n) is 7.65. The molecule has 1 rings (SSSR count). The van der Waals surface area contributed by atoms with Gasteiger partial charge in [-0.2, -0.15) is 0 Å². The zero-order chi connectivity index (χ0) is 9.84. The van der Waals surface area contributed by atoms with E-state index in [2.05, 4.69) is 4.98 Å². The Morgan fingerprint density at radius 2 is 2.31 bits per heavy atom. The van der Waals surface area contributed by atoms with Gasteiger partial charge in [0.05, 0.1) is 6.10 Å². The Balaban J connectivity index is 2.83. The van der Waals surface area contributed by atoms with Gasteiger partial charge in [0.15, 0.2) is 0 Å². The Bertz CT molecular complexity index is 310. The fourth-order valence-electron chi connectivity index (χ4n) is 0.853. The van der Waals surface area contributed by atoms with Gasteiger partial charge in [-0.05, 0) is 19.9 Å². The molecule has 0 amide bonds. The molecule has 0 bridgehead atoms. The maximum Gasteiger partial charge on any atom is 0.342 e. The molecule has 0 aliphatic heterocycles. The minimum Gasteiger partial charge on any atom is -0.459 e. The first kappa shape index (κ1) is 9.51. The molecule has 0 atom stereocenters. The second-order valence-corrected chi connectivity index (χ2v) is 2.92. The Labute approximate surface area is 76.7 Å². The summed E-state index contributed by atoms with van der Waals surface area (Å²) in [4.78, 5) is 15.1. The SMILES string of the molecule is CC(C)OC(=O)c1cnccc1N. The fourth-order valence-corrected chi connectivity index (χ4v) is 0.853. The van der Waals surface area contributed by atoms with Crippen molar-refractivity contribution in [3.05, 3.63) is 24.0 Å². The first-order valence-corrected chi connectivity index (χ1v) is 4.01. The lowest BCUT2D eigenvalue weighted by Crippen LogP contribution is -2.13. The van der Waals surface area contributed by atoms with Crippen molar-refractivity contribution >= 4 is 11.7 Å². The summed E-state index contributed by atoms with van der Waals surface area (Å²) in [6.45, 7) is 3.56. The standard InChI is InChI=1S/C9H12N2O2/c1-6(2)13-9(12)7-5-11-4-3-8(7)10/h3-6H,1-2H3,(H2,10,11). The summed E-state index contributed by atoms with van der Waals surface area (Å²) in [6.07, 6.45) is 2.79. The van der Waals surface area contributed by atoms with Crippen LogP contribution in [0.15, 0.2) is 18.5 Å². The van der Waals surface area contributed by atoms with E-state index in [1.807, 2.05) is 0 Å². The van der Waals surface area contributed by atoms with Crippen molar-refractivity contribution in [3.8, 4) is 0 Å². The summed E-state index contributed by atoms with van der Waals surface area (Å²) in [5.74, 6) is -0.430. The number of rotatable bonds is 2. The highest BCUT2D eigenvalue weighted by atomic mass is 16.5. The van der Waals surface area contributed by atoms with Gasteiger partial charge in [-0.1, -0.05) is 0 Å². The molecule has 0 saturated heterocycles. The predicted molar refractivity (Wildman–Crippen MR) is 49.2 cm³/mol. The summed E-state index contributed by atoms with van der Waals surface area (Å²) in [5, 5.41) is 0. The number of carbonyl (C=O) groups excluding carboxylic acids is 1. The number of carbonyl (C=O) groups is 1. The number of ether oxygens (including phenoxy) is 1. The Morgan fingerprint density at radius 1 is 1.62 bits per heavy atom. The van der Waals surface area contributed by atoms with Gasteiger partial charge in [0.1, 0.15) is 5.56 Å². The van der Waals surface area contributed by atoms with Gasteiger partial charge in [-0.15, -0.1) is 0 Å². The van der Waals surface area contributed by atoms with Gasteiger partial charge in [-0.3, -0.25) is 4.98 Å². The van der Waals surface area contributed by atoms with Gasteiger partial charge in [0.25, 0.3) is 0 Å². The molecule has 13 heavy (non-hydrogen) atoms. The van der Waals surface area contributed by atoms with Crippen LogP contribution in [0.1, 0.15) is 24.2 Å². The second-order valence-electron chi connectivity index (χ2n) is 2.92. The van der Waals surface area contributed by atoms with Crippen molar-refractivity contribution in [3.63, 3.8) is 0 Å². The summed E-state index contributed by atoms with van der Waals surface area (Å²) in [5.41, 5.74) is 6.26. The van der Waals surface area contributed by atoms with E-state index in [-0.39, 0.29) is 6.10 Å². The van der Waals surface area contributed by atoms with E-state index in [9.17, 15) is 4.79 Å². The number of hydrogen-bond acceptors (Lipinski definition) is 4. The van der Waals surface area contributed by atoms with Crippen LogP contribution in [-0.2, 0) is 4.74 Å². The summed E-state index contributed by atoms with van der Waals surface area (Å²) >= 11 is 0. The topological polar surface area (TPSA) is 65.2 Å². The van der Waals surface area contributed by atoms with Crippen molar-refractivity contribution in [1.82, 2.24) is 4.98 Å². The number of pyridine rings is 1. The van der Waals surface area contributed by atoms with E-state index < -0.39 is 5.97 Å². The van der Waals surface area contributed by atoms with Crippen molar-refractivity contribution in [1.29, 1.82) is 0 Å². The van der Waals surface area contributed by atoms with E-state index in [4.69, 9.17) is 10.5 Å². The molecule has 0 aromatic carbocycles. The van der Waals surface area contributed by atoms with Gasteiger partial charge in [0.2, 0.25) is 0 Å². The monoisotopic (exact) mass is 180 g/mol. The average molecular weight is 180 g/mol. The van der Waals surface area contributed by atoms with Crippen LogP contribution in [0.5, 0.6) is 0 Å². The molecule has 70 valence electrons. The van der Waals surface area contributed by atoms with E-state index in [1.54, 1.807) is 19.9 Å². The van der Waals surface area contributed by atoms with Gasteiger partial charge in [-0.25, -0.2) is 4.79 Å². The zero-order valence-corrected chi connectivity index (χ0v) is 7.65. The van der Waals surface area contributed by atoms with E-state index in [1.165, 1.54) is 12.4 Å². The highest BCUT2D eigenvalue weighted by molar-refractivity contribution is 5.94. The molecule has 0 aliphatic carbocycles. The maximum absolute atomic E-state index is 11.3. The molecule has 1 aromatic rings. The minimum atomic E-state index is -0.430. The number of hydrogen-bond donors (Lipinski definition) is 1. The summed E-state index contributed by atoms with van der Waals surface area (Å²) in [6, 6.07) is 1.57. The van der Waals surface area contributed by atoms with Crippen LogP contribution < -0.4 is 5.73 Å². The van der Waals surface area contributed by atoms with Crippen LogP contribution in [0.3, 0.4) is 0 Å². The first-order valence-electron chi connectivity index (χ1n) is 4.01. The number of nitrogens with zero attached hydrogens (tertiary/aromatic N) is 1. The van der Waals surface area contributed by atoms with Gasteiger partial charge < -0.3 is 10.5 Å². The smallest absolute Gasteiger partial charge is 0.342 e. The third-order valence-electron chi connectivity index (χ3n) is 1.42. The number of esters is 1. The third-order valence-corrected chi connectivity index (χ3v) is 1.42. The second kappa shape index (κ2) is 3.89.